The van der Waals surface area contributed by atoms with Gasteiger partial charge < -0.3 is 5.32 Å². The predicted molar refractivity (Wildman–Crippen MR) is 104 cm³/mol. The number of Topliss-reactive ketones (excluding diaryl/α,β-unsaturated/α-hetero) is 1. The zero-order valence-electron chi connectivity index (χ0n) is 15.0. The van der Waals surface area contributed by atoms with Crippen LogP contribution in [0.1, 0.15) is 43.2 Å². The van der Waals surface area contributed by atoms with Gasteiger partial charge in [0.15, 0.2) is 0 Å². The maximum Gasteiger partial charge on any atom is 0.234 e. The lowest BCUT2D eigenvalue weighted by Crippen LogP contribution is -2.47. The molecule has 3 rings (SSSR count). The van der Waals surface area contributed by atoms with Crippen molar-refractivity contribution in [2.45, 2.75) is 38.6 Å². The minimum atomic E-state index is -0.918. The Bertz CT molecular complexity index is 767. The van der Waals surface area contributed by atoms with Gasteiger partial charge in [0.05, 0.1) is 0 Å². The van der Waals surface area contributed by atoms with Crippen molar-refractivity contribution >= 4 is 17.8 Å². The Kier molecular flexibility index (Phi) is 6.00. The number of allylic oxidation sites excluding steroid dienone is 1. The van der Waals surface area contributed by atoms with Crippen LogP contribution in [0.5, 0.6) is 0 Å². The van der Waals surface area contributed by atoms with E-state index in [1.165, 1.54) is 0 Å². The molecule has 0 aliphatic heterocycles. The number of amides is 1. The monoisotopic (exact) mass is 347 g/mol. The maximum absolute atomic E-state index is 13.0. The molecular weight excluding hydrogens is 322 g/mol. The lowest BCUT2D eigenvalue weighted by atomic mass is 9.70. The average molecular weight is 347 g/mol. The van der Waals surface area contributed by atoms with Gasteiger partial charge in [-0.05, 0) is 30.4 Å². The molecule has 0 radical (unpaired) electrons. The van der Waals surface area contributed by atoms with Gasteiger partial charge in [-0.15, -0.1) is 0 Å². The van der Waals surface area contributed by atoms with Crippen LogP contribution in [0.4, 0.5) is 0 Å². The second-order valence-corrected chi connectivity index (χ2v) is 6.90. The first-order valence-electron chi connectivity index (χ1n) is 9.28. The lowest BCUT2D eigenvalue weighted by Gasteiger charge is -2.33. The van der Waals surface area contributed by atoms with Gasteiger partial charge in [-0.1, -0.05) is 79.2 Å². The summed E-state index contributed by atoms with van der Waals surface area (Å²) in [6.07, 6.45) is 7.36. The molecule has 0 bridgehead atoms. The topological polar surface area (TPSA) is 46.2 Å². The standard InChI is InChI=1S/C23H25NO2/c25-21-15-7-8-16-23(21,17-9-14-19-10-3-1-4-11-19)22(26)24-18-20-12-5-2-6-13-20/h1-6,9-14H,7-8,15-18H2,(H,24,26)/b14-9+. The molecule has 0 heterocycles. The molecule has 1 fully saturated rings. The molecule has 0 aromatic heterocycles. The van der Waals surface area contributed by atoms with Crippen molar-refractivity contribution in [1.82, 2.24) is 5.32 Å². The largest absolute Gasteiger partial charge is 0.351 e. The Morgan fingerprint density at radius 3 is 2.38 bits per heavy atom. The van der Waals surface area contributed by atoms with Crippen molar-refractivity contribution in [2.75, 3.05) is 0 Å². The van der Waals surface area contributed by atoms with Gasteiger partial charge in [0, 0.05) is 13.0 Å². The highest BCUT2D eigenvalue weighted by Crippen LogP contribution is 2.37. The first kappa shape index (κ1) is 18.1. The molecule has 134 valence electrons. The molecule has 0 spiro atoms. The minimum absolute atomic E-state index is 0.0759. The van der Waals surface area contributed by atoms with Crippen molar-refractivity contribution in [3.05, 3.63) is 77.9 Å². The first-order valence-corrected chi connectivity index (χ1v) is 9.28. The summed E-state index contributed by atoms with van der Waals surface area (Å²) in [5, 5.41) is 2.99. The molecule has 1 aliphatic carbocycles. The molecule has 2 aromatic carbocycles. The van der Waals surface area contributed by atoms with Crippen LogP contribution in [0.2, 0.25) is 0 Å². The Morgan fingerprint density at radius 1 is 1.00 bits per heavy atom. The Labute approximate surface area is 155 Å². The van der Waals surface area contributed by atoms with Gasteiger partial charge in [-0.25, -0.2) is 0 Å². The zero-order chi connectivity index (χ0) is 18.2. The SMILES string of the molecule is O=C1CCCCC1(C/C=C/c1ccccc1)C(=O)NCc1ccccc1. The normalized spacial score (nSPS) is 20.2. The summed E-state index contributed by atoms with van der Waals surface area (Å²) in [5.41, 5.74) is 1.20. The number of carbonyl (C=O) groups is 2. The number of rotatable bonds is 6. The number of hydrogen-bond acceptors (Lipinski definition) is 2. The third-order valence-electron chi connectivity index (χ3n) is 5.10. The Hall–Kier alpha value is -2.68. The molecule has 1 amide bonds. The van der Waals surface area contributed by atoms with E-state index in [-0.39, 0.29) is 11.7 Å². The lowest BCUT2D eigenvalue weighted by molar-refractivity contribution is -0.144. The highest BCUT2D eigenvalue weighted by atomic mass is 16.2. The quantitative estimate of drug-likeness (QED) is 0.780. The van der Waals surface area contributed by atoms with E-state index < -0.39 is 5.41 Å². The van der Waals surface area contributed by atoms with Gasteiger partial charge in [0.1, 0.15) is 11.2 Å². The van der Waals surface area contributed by atoms with Crippen molar-refractivity contribution in [3.63, 3.8) is 0 Å². The van der Waals surface area contributed by atoms with Crippen molar-refractivity contribution in [3.8, 4) is 0 Å². The number of ketones is 1. The minimum Gasteiger partial charge on any atom is -0.351 e. The molecule has 1 atom stereocenters. The summed E-state index contributed by atoms with van der Waals surface area (Å²) in [7, 11) is 0. The van der Waals surface area contributed by atoms with Crippen LogP contribution in [0.3, 0.4) is 0 Å². The molecule has 3 heteroatoms. The molecule has 1 aliphatic rings. The fourth-order valence-corrected chi connectivity index (χ4v) is 3.55. The zero-order valence-corrected chi connectivity index (χ0v) is 15.0. The molecule has 2 aromatic rings. The summed E-state index contributed by atoms with van der Waals surface area (Å²) in [4.78, 5) is 25.7. The molecule has 0 saturated heterocycles. The van der Waals surface area contributed by atoms with E-state index >= 15 is 0 Å². The van der Waals surface area contributed by atoms with Crippen LogP contribution in [0.15, 0.2) is 66.7 Å². The van der Waals surface area contributed by atoms with Crippen LogP contribution < -0.4 is 5.32 Å². The first-order chi connectivity index (χ1) is 12.7. The molecule has 3 nitrogen and oxygen atoms in total. The average Bonchev–Trinajstić information content (AvgIpc) is 2.69. The van der Waals surface area contributed by atoms with E-state index in [0.29, 0.717) is 25.8 Å². The summed E-state index contributed by atoms with van der Waals surface area (Å²) in [6, 6.07) is 19.8. The third-order valence-corrected chi connectivity index (χ3v) is 5.10. The Balaban J connectivity index is 1.72. The van der Waals surface area contributed by atoms with Gasteiger partial charge in [-0.3, -0.25) is 9.59 Å². The Morgan fingerprint density at radius 2 is 1.69 bits per heavy atom. The third kappa shape index (κ3) is 4.29. The highest BCUT2D eigenvalue weighted by Gasteiger charge is 2.45. The van der Waals surface area contributed by atoms with Gasteiger partial charge in [0.25, 0.3) is 0 Å². The van der Waals surface area contributed by atoms with Crippen molar-refractivity contribution in [1.29, 1.82) is 0 Å². The van der Waals surface area contributed by atoms with Crippen LogP contribution in [0.25, 0.3) is 6.08 Å². The summed E-state index contributed by atoms with van der Waals surface area (Å²) >= 11 is 0. The number of nitrogens with one attached hydrogen (secondary N) is 1. The fraction of sp³-hybridized carbons (Fsp3) is 0.304. The molecule has 26 heavy (non-hydrogen) atoms. The summed E-state index contributed by atoms with van der Waals surface area (Å²) in [6.45, 7) is 0.455. The van der Waals surface area contributed by atoms with Crippen LogP contribution in [-0.2, 0) is 16.1 Å². The number of hydrogen-bond donors (Lipinski definition) is 1. The van der Waals surface area contributed by atoms with E-state index in [4.69, 9.17) is 0 Å². The molecule has 1 unspecified atom stereocenters. The van der Waals surface area contributed by atoms with Crippen LogP contribution in [-0.4, -0.2) is 11.7 Å². The van der Waals surface area contributed by atoms with E-state index in [1.54, 1.807) is 0 Å². The van der Waals surface area contributed by atoms with E-state index in [1.807, 2.05) is 72.8 Å². The second kappa shape index (κ2) is 8.61. The molecule has 1 N–H and O–H groups in total. The van der Waals surface area contributed by atoms with E-state index in [9.17, 15) is 9.59 Å². The predicted octanol–water partition coefficient (Wildman–Crippen LogP) is 4.54. The smallest absolute Gasteiger partial charge is 0.234 e. The summed E-state index contributed by atoms with van der Waals surface area (Å²) < 4.78 is 0. The van der Waals surface area contributed by atoms with E-state index in [2.05, 4.69) is 5.32 Å². The van der Waals surface area contributed by atoms with Gasteiger partial charge in [0.2, 0.25) is 5.91 Å². The van der Waals surface area contributed by atoms with Crippen LogP contribution >= 0.6 is 0 Å². The van der Waals surface area contributed by atoms with E-state index in [0.717, 1.165) is 24.0 Å². The van der Waals surface area contributed by atoms with Gasteiger partial charge in [-0.2, -0.15) is 0 Å². The van der Waals surface area contributed by atoms with Gasteiger partial charge >= 0.3 is 0 Å². The number of carbonyl (C=O) groups excluding carboxylic acids is 2. The summed E-state index contributed by atoms with van der Waals surface area (Å²) in [5.74, 6) is -0.0595. The number of benzene rings is 2. The molecule has 1 saturated carbocycles. The van der Waals surface area contributed by atoms with Crippen molar-refractivity contribution < 1.29 is 9.59 Å². The van der Waals surface area contributed by atoms with Crippen LogP contribution in [0, 0.1) is 5.41 Å². The fourth-order valence-electron chi connectivity index (χ4n) is 3.55. The second-order valence-electron chi connectivity index (χ2n) is 6.90. The highest BCUT2D eigenvalue weighted by molar-refractivity contribution is 6.06. The molecular formula is C23H25NO2. The maximum atomic E-state index is 13.0. The van der Waals surface area contributed by atoms with Crippen molar-refractivity contribution in [2.24, 2.45) is 5.41 Å².